The molecule has 2 aromatic carbocycles. The topological polar surface area (TPSA) is 84.6 Å². The Balaban J connectivity index is 2.04. The lowest BCUT2D eigenvalue weighted by Crippen LogP contribution is -2.23. The number of nitrogens with two attached hydrogens (primary N) is 1. The van der Waals surface area contributed by atoms with Crippen molar-refractivity contribution in [3.05, 3.63) is 59.2 Å². The smallest absolute Gasteiger partial charge is 0.253 e. The maximum absolute atomic E-state index is 12.1. The lowest BCUT2D eigenvalue weighted by Gasteiger charge is -2.09. The minimum atomic E-state index is -0.246. The van der Waals surface area contributed by atoms with Gasteiger partial charge in [0.15, 0.2) is 0 Å². The molecule has 0 aliphatic heterocycles. The molecular weight excluding hydrogens is 268 g/mol. The van der Waals surface area contributed by atoms with Crippen molar-refractivity contribution in [1.29, 1.82) is 0 Å². The van der Waals surface area contributed by atoms with E-state index in [-0.39, 0.29) is 12.5 Å². The zero-order valence-corrected chi connectivity index (χ0v) is 11.8. The molecule has 0 spiro atoms. The Labute approximate surface area is 123 Å². The quantitative estimate of drug-likeness (QED) is 0.730. The maximum Gasteiger partial charge on any atom is 0.253 e. The lowest BCUT2D eigenvalue weighted by molar-refractivity contribution is 0.0952. The minimum Gasteiger partial charge on any atom is -0.497 e. The summed E-state index contributed by atoms with van der Waals surface area (Å²) >= 11 is 0. The van der Waals surface area contributed by atoms with Gasteiger partial charge in [-0.1, -0.05) is 24.3 Å². The van der Waals surface area contributed by atoms with Gasteiger partial charge in [-0.05, 0) is 23.3 Å². The van der Waals surface area contributed by atoms with Crippen molar-refractivity contribution in [2.75, 3.05) is 12.8 Å². The molecule has 1 amide bonds. The number of aliphatic hydroxyl groups excluding tert-OH is 1. The molecule has 5 nitrogen and oxygen atoms in total. The predicted molar refractivity (Wildman–Crippen MR) is 80.9 cm³/mol. The second-order valence-electron chi connectivity index (χ2n) is 4.61. The van der Waals surface area contributed by atoms with Crippen molar-refractivity contribution in [1.82, 2.24) is 5.32 Å². The summed E-state index contributed by atoms with van der Waals surface area (Å²) in [4.78, 5) is 12.1. The summed E-state index contributed by atoms with van der Waals surface area (Å²) < 4.78 is 5.05. The molecule has 0 fully saturated rings. The molecule has 110 valence electrons. The van der Waals surface area contributed by atoms with Crippen LogP contribution in [0, 0.1) is 0 Å². The van der Waals surface area contributed by atoms with Crippen LogP contribution >= 0.6 is 0 Å². The molecule has 0 saturated heterocycles. The Bertz CT molecular complexity index is 641. The van der Waals surface area contributed by atoms with E-state index in [9.17, 15) is 4.79 Å². The van der Waals surface area contributed by atoms with Crippen molar-refractivity contribution < 1.29 is 14.6 Å². The van der Waals surface area contributed by atoms with Crippen LogP contribution in [0.5, 0.6) is 5.75 Å². The molecule has 2 aromatic rings. The number of hydrogen-bond donors (Lipinski definition) is 3. The molecule has 2 rings (SSSR count). The monoisotopic (exact) mass is 286 g/mol. The fraction of sp³-hybridized carbons (Fsp3) is 0.188. The third-order valence-corrected chi connectivity index (χ3v) is 3.13. The van der Waals surface area contributed by atoms with Gasteiger partial charge in [0, 0.05) is 18.3 Å². The fourth-order valence-electron chi connectivity index (χ4n) is 1.99. The number of nitrogens with one attached hydrogen (secondary N) is 1. The Kier molecular flexibility index (Phi) is 4.79. The summed E-state index contributed by atoms with van der Waals surface area (Å²) in [6.07, 6.45) is 0. The zero-order valence-electron chi connectivity index (χ0n) is 11.8. The normalized spacial score (nSPS) is 10.2. The van der Waals surface area contributed by atoms with Crippen molar-refractivity contribution >= 4 is 11.6 Å². The standard InChI is InChI=1S/C16H18N2O3/c1-21-13-5-6-14(15(17)8-13)16(20)18-9-11-3-2-4-12(7-11)10-19/h2-8,19H,9-10,17H2,1H3,(H,18,20). The molecular formula is C16H18N2O3. The van der Waals surface area contributed by atoms with Crippen molar-refractivity contribution in [2.24, 2.45) is 0 Å². The Morgan fingerprint density at radius 3 is 2.67 bits per heavy atom. The summed E-state index contributed by atoms with van der Waals surface area (Å²) in [6, 6.07) is 12.3. The first-order valence-corrected chi connectivity index (χ1v) is 6.54. The molecule has 0 bridgehead atoms. The van der Waals surface area contributed by atoms with Crippen LogP contribution in [0.15, 0.2) is 42.5 Å². The van der Waals surface area contributed by atoms with Crippen LogP contribution in [0.2, 0.25) is 0 Å². The van der Waals surface area contributed by atoms with E-state index in [0.29, 0.717) is 23.5 Å². The van der Waals surface area contributed by atoms with E-state index >= 15 is 0 Å². The zero-order chi connectivity index (χ0) is 15.2. The number of amides is 1. The lowest BCUT2D eigenvalue weighted by atomic mass is 10.1. The van der Waals surface area contributed by atoms with Crippen LogP contribution in [0.25, 0.3) is 0 Å². The van der Waals surface area contributed by atoms with Gasteiger partial charge in [0.2, 0.25) is 0 Å². The molecule has 5 heteroatoms. The van der Waals surface area contributed by atoms with Gasteiger partial charge in [-0.15, -0.1) is 0 Å². The summed E-state index contributed by atoms with van der Waals surface area (Å²) in [5.74, 6) is 0.365. The third-order valence-electron chi connectivity index (χ3n) is 3.13. The summed E-state index contributed by atoms with van der Waals surface area (Å²) in [5.41, 5.74) is 8.35. The second kappa shape index (κ2) is 6.76. The first-order valence-electron chi connectivity index (χ1n) is 6.54. The van der Waals surface area contributed by atoms with Gasteiger partial charge in [-0.25, -0.2) is 0 Å². The molecule has 0 radical (unpaired) electrons. The number of rotatable bonds is 5. The van der Waals surface area contributed by atoms with Crippen molar-refractivity contribution in [3.8, 4) is 5.75 Å². The first-order chi connectivity index (χ1) is 10.1. The number of anilines is 1. The molecule has 0 aromatic heterocycles. The summed E-state index contributed by atoms with van der Waals surface area (Å²) in [7, 11) is 1.54. The fourth-order valence-corrected chi connectivity index (χ4v) is 1.99. The Hall–Kier alpha value is -2.53. The van der Waals surface area contributed by atoms with Gasteiger partial charge in [-0.3, -0.25) is 4.79 Å². The predicted octanol–water partition coefficient (Wildman–Crippen LogP) is 1.70. The van der Waals surface area contributed by atoms with E-state index in [1.807, 2.05) is 24.3 Å². The SMILES string of the molecule is COc1ccc(C(=O)NCc2cccc(CO)c2)c(N)c1. The summed E-state index contributed by atoms with van der Waals surface area (Å²) in [5, 5.41) is 11.9. The number of benzene rings is 2. The van der Waals surface area contributed by atoms with Crippen LogP contribution in [-0.4, -0.2) is 18.1 Å². The molecule has 0 atom stereocenters. The number of methoxy groups -OCH3 is 1. The third kappa shape index (κ3) is 3.73. The van der Waals surface area contributed by atoms with E-state index in [0.717, 1.165) is 11.1 Å². The van der Waals surface area contributed by atoms with Crippen molar-refractivity contribution in [3.63, 3.8) is 0 Å². The molecule has 0 unspecified atom stereocenters. The van der Waals surface area contributed by atoms with E-state index in [4.69, 9.17) is 15.6 Å². The van der Waals surface area contributed by atoms with Crippen LogP contribution in [0.3, 0.4) is 0 Å². The van der Waals surface area contributed by atoms with Gasteiger partial charge in [0.25, 0.3) is 5.91 Å². The first kappa shape index (κ1) is 14.9. The number of aliphatic hydroxyl groups is 1. The number of ether oxygens (including phenoxy) is 1. The highest BCUT2D eigenvalue weighted by atomic mass is 16.5. The molecule has 0 heterocycles. The molecule has 0 saturated carbocycles. The highest BCUT2D eigenvalue weighted by Gasteiger charge is 2.10. The number of nitrogen functional groups attached to an aromatic ring is 1. The Morgan fingerprint density at radius 2 is 2.00 bits per heavy atom. The average Bonchev–Trinajstić information content (AvgIpc) is 2.52. The van der Waals surface area contributed by atoms with E-state index < -0.39 is 0 Å². The van der Waals surface area contributed by atoms with E-state index in [1.54, 1.807) is 25.3 Å². The number of carbonyl (C=O) groups is 1. The minimum absolute atomic E-state index is 0.0206. The number of carbonyl (C=O) groups excluding carboxylic acids is 1. The van der Waals surface area contributed by atoms with Gasteiger partial charge in [0.05, 0.1) is 19.3 Å². The molecule has 4 N–H and O–H groups in total. The Morgan fingerprint density at radius 1 is 1.24 bits per heavy atom. The van der Waals surface area contributed by atoms with Crippen LogP contribution in [-0.2, 0) is 13.2 Å². The van der Waals surface area contributed by atoms with Gasteiger partial charge < -0.3 is 20.9 Å². The highest BCUT2D eigenvalue weighted by Crippen LogP contribution is 2.19. The summed E-state index contributed by atoms with van der Waals surface area (Å²) in [6.45, 7) is 0.353. The van der Waals surface area contributed by atoms with Crippen LogP contribution in [0.4, 0.5) is 5.69 Å². The van der Waals surface area contributed by atoms with Crippen molar-refractivity contribution in [2.45, 2.75) is 13.2 Å². The largest absolute Gasteiger partial charge is 0.497 e. The van der Waals surface area contributed by atoms with E-state index in [2.05, 4.69) is 5.32 Å². The van der Waals surface area contributed by atoms with Gasteiger partial charge >= 0.3 is 0 Å². The highest BCUT2D eigenvalue weighted by molar-refractivity contribution is 5.99. The second-order valence-corrected chi connectivity index (χ2v) is 4.61. The molecule has 21 heavy (non-hydrogen) atoms. The van der Waals surface area contributed by atoms with Crippen LogP contribution in [0.1, 0.15) is 21.5 Å². The maximum atomic E-state index is 12.1. The van der Waals surface area contributed by atoms with Gasteiger partial charge in [0.1, 0.15) is 5.75 Å². The molecule has 0 aliphatic rings. The average molecular weight is 286 g/mol. The van der Waals surface area contributed by atoms with E-state index in [1.165, 1.54) is 0 Å². The number of hydrogen-bond acceptors (Lipinski definition) is 4. The van der Waals surface area contributed by atoms with Crippen LogP contribution < -0.4 is 15.8 Å². The molecule has 0 aliphatic carbocycles. The van der Waals surface area contributed by atoms with Gasteiger partial charge in [-0.2, -0.15) is 0 Å².